The Labute approximate surface area is 140 Å². The van der Waals surface area contributed by atoms with E-state index in [1.165, 1.54) is 43.2 Å². The molecule has 0 radical (unpaired) electrons. The second-order valence-corrected chi connectivity index (χ2v) is 7.07. The van der Waals surface area contributed by atoms with Gasteiger partial charge in [0, 0.05) is 0 Å². The van der Waals surface area contributed by atoms with Crippen molar-refractivity contribution >= 4 is 0 Å². The molecule has 0 spiro atoms. The van der Waals surface area contributed by atoms with Crippen LogP contribution in [-0.2, 0) is 12.8 Å². The number of hydrogen-bond acceptors (Lipinski definition) is 1. The fourth-order valence-corrected chi connectivity index (χ4v) is 3.73. The molecule has 3 rings (SSSR count). The standard InChI is InChI=1S/C22H28O/c1-4-16(2)13-17-5-6-21-15-20(8-7-19(21)14-17)18-9-11-22(23-3)12-10-18/h7-12,15-17H,4-6,13-14H2,1-3H3. The Hall–Kier alpha value is -1.76. The average Bonchev–Trinajstić information content (AvgIpc) is 2.61. The molecule has 23 heavy (non-hydrogen) atoms. The van der Waals surface area contributed by atoms with Crippen LogP contribution in [0.1, 0.15) is 44.2 Å². The lowest BCUT2D eigenvalue weighted by molar-refractivity contribution is 0.349. The largest absolute Gasteiger partial charge is 0.497 e. The zero-order valence-corrected chi connectivity index (χ0v) is 14.6. The van der Waals surface area contributed by atoms with Crippen LogP contribution in [0.2, 0.25) is 0 Å². The van der Waals surface area contributed by atoms with E-state index < -0.39 is 0 Å². The number of methoxy groups -OCH3 is 1. The molecule has 2 aromatic carbocycles. The van der Waals surface area contributed by atoms with Crippen molar-refractivity contribution in [3.05, 3.63) is 53.6 Å². The molecule has 1 nitrogen and oxygen atoms in total. The van der Waals surface area contributed by atoms with Crippen LogP contribution in [0.15, 0.2) is 42.5 Å². The van der Waals surface area contributed by atoms with Crippen LogP contribution >= 0.6 is 0 Å². The lowest BCUT2D eigenvalue weighted by Crippen LogP contribution is -2.16. The fraction of sp³-hybridized carbons (Fsp3) is 0.455. The third kappa shape index (κ3) is 3.77. The van der Waals surface area contributed by atoms with Crippen molar-refractivity contribution in [1.29, 1.82) is 0 Å². The highest BCUT2D eigenvalue weighted by Crippen LogP contribution is 2.33. The molecule has 2 unspecified atom stereocenters. The first-order valence-electron chi connectivity index (χ1n) is 8.95. The van der Waals surface area contributed by atoms with Crippen LogP contribution in [0.5, 0.6) is 5.75 Å². The minimum Gasteiger partial charge on any atom is -0.497 e. The van der Waals surface area contributed by atoms with Crippen LogP contribution in [0.3, 0.4) is 0 Å². The molecule has 122 valence electrons. The molecule has 1 heteroatoms. The van der Waals surface area contributed by atoms with Gasteiger partial charge in [-0.15, -0.1) is 0 Å². The first kappa shape index (κ1) is 16.1. The molecule has 0 heterocycles. The summed E-state index contributed by atoms with van der Waals surface area (Å²) in [6, 6.07) is 15.4. The van der Waals surface area contributed by atoms with Crippen molar-refractivity contribution in [2.75, 3.05) is 7.11 Å². The lowest BCUT2D eigenvalue weighted by atomic mass is 9.78. The van der Waals surface area contributed by atoms with Gasteiger partial charge in [-0.05, 0) is 71.9 Å². The van der Waals surface area contributed by atoms with Gasteiger partial charge in [0.05, 0.1) is 7.11 Å². The maximum absolute atomic E-state index is 5.25. The van der Waals surface area contributed by atoms with Gasteiger partial charge in [-0.1, -0.05) is 50.6 Å². The summed E-state index contributed by atoms with van der Waals surface area (Å²) in [4.78, 5) is 0. The molecule has 1 aliphatic rings. The number of aryl methyl sites for hydroxylation is 1. The summed E-state index contributed by atoms with van der Waals surface area (Å²) in [5.74, 6) is 2.66. The predicted octanol–water partition coefficient (Wildman–Crippen LogP) is 5.90. The molecule has 0 N–H and O–H groups in total. The SMILES string of the molecule is CCC(C)CC1CCc2cc(-c3ccc(OC)cc3)ccc2C1. The van der Waals surface area contributed by atoms with Crippen LogP contribution in [0.4, 0.5) is 0 Å². The van der Waals surface area contributed by atoms with Crippen molar-refractivity contribution in [2.45, 2.75) is 46.0 Å². The maximum Gasteiger partial charge on any atom is 0.118 e. The van der Waals surface area contributed by atoms with Crippen molar-refractivity contribution in [3.63, 3.8) is 0 Å². The molecule has 2 aromatic rings. The molecule has 0 bridgehead atoms. The Bertz CT molecular complexity index is 642. The van der Waals surface area contributed by atoms with Crippen LogP contribution in [0, 0.1) is 11.8 Å². The van der Waals surface area contributed by atoms with Crippen molar-refractivity contribution in [1.82, 2.24) is 0 Å². The van der Waals surface area contributed by atoms with Gasteiger partial charge in [0.2, 0.25) is 0 Å². The Kier molecular flexibility index (Phi) is 5.05. The Morgan fingerprint density at radius 1 is 1.04 bits per heavy atom. The molecule has 0 fully saturated rings. The van der Waals surface area contributed by atoms with Crippen LogP contribution < -0.4 is 4.74 Å². The minimum atomic E-state index is 0.861. The van der Waals surface area contributed by atoms with Crippen LogP contribution in [0.25, 0.3) is 11.1 Å². The van der Waals surface area contributed by atoms with E-state index in [1.807, 2.05) is 12.1 Å². The van der Waals surface area contributed by atoms with E-state index in [0.717, 1.165) is 17.6 Å². The number of rotatable bonds is 5. The van der Waals surface area contributed by atoms with E-state index in [9.17, 15) is 0 Å². The highest BCUT2D eigenvalue weighted by Gasteiger charge is 2.20. The lowest BCUT2D eigenvalue weighted by Gasteiger charge is -2.27. The molecule has 1 aliphatic carbocycles. The molecule has 0 saturated heterocycles. The fourth-order valence-electron chi connectivity index (χ4n) is 3.73. The Morgan fingerprint density at radius 2 is 1.78 bits per heavy atom. The van der Waals surface area contributed by atoms with Gasteiger partial charge < -0.3 is 4.74 Å². The Balaban J connectivity index is 1.75. The van der Waals surface area contributed by atoms with Gasteiger partial charge in [0.1, 0.15) is 5.75 Å². The third-order valence-electron chi connectivity index (χ3n) is 5.39. The van der Waals surface area contributed by atoms with Gasteiger partial charge in [0.25, 0.3) is 0 Å². The highest BCUT2D eigenvalue weighted by atomic mass is 16.5. The minimum absolute atomic E-state index is 0.861. The van der Waals surface area contributed by atoms with Crippen molar-refractivity contribution < 1.29 is 4.74 Å². The van der Waals surface area contributed by atoms with Gasteiger partial charge >= 0.3 is 0 Å². The first-order valence-corrected chi connectivity index (χ1v) is 8.95. The first-order chi connectivity index (χ1) is 11.2. The Morgan fingerprint density at radius 3 is 2.48 bits per heavy atom. The third-order valence-corrected chi connectivity index (χ3v) is 5.39. The smallest absolute Gasteiger partial charge is 0.118 e. The quantitative estimate of drug-likeness (QED) is 0.668. The predicted molar refractivity (Wildman–Crippen MR) is 98.0 cm³/mol. The molecule has 0 amide bonds. The zero-order chi connectivity index (χ0) is 16.2. The summed E-state index contributed by atoms with van der Waals surface area (Å²) in [5, 5.41) is 0. The van der Waals surface area contributed by atoms with Gasteiger partial charge in [-0.3, -0.25) is 0 Å². The van der Waals surface area contributed by atoms with Gasteiger partial charge in [0.15, 0.2) is 0 Å². The number of benzene rings is 2. The van der Waals surface area contributed by atoms with E-state index in [4.69, 9.17) is 4.74 Å². The van der Waals surface area contributed by atoms with E-state index in [-0.39, 0.29) is 0 Å². The summed E-state index contributed by atoms with van der Waals surface area (Å²) in [6.45, 7) is 4.70. The zero-order valence-electron chi connectivity index (χ0n) is 14.6. The summed E-state index contributed by atoms with van der Waals surface area (Å²) in [7, 11) is 1.71. The molecule has 2 atom stereocenters. The number of ether oxygens (including phenoxy) is 1. The summed E-state index contributed by atoms with van der Waals surface area (Å²) >= 11 is 0. The monoisotopic (exact) mass is 308 g/mol. The van der Waals surface area contributed by atoms with Gasteiger partial charge in [-0.25, -0.2) is 0 Å². The topological polar surface area (TPSA) is 9.23 Å². The normalized spacial score (nSPS) is 18.3. The second kappa shape index (κ2) is 7.21. The average molecular weight is 308 g/mol. The van der Waals surface area contributed by atoms with E-state index in [1.54, 1.807) is 18.2 Å². The van der Waals surface area contributed by atoms with E-state index >= 15 is 0 Å². The van der Waals surface area contributed by atoms with Crippen molar-refractivity contribution in [3.8, 4) is 16.9 Å². The summed E-state index contributed by atoms with van der Waals surface area (Å²) < 4.78 is 5.25. The van der Waals surface area contributed by atoms with Crippen molar-refractivity contribution in [2.24, 2.45) is 11.8 Å². The summed E-state index contributed by atoms with van der Waals surface area (Å²) in [6.07, 6.45) is 6.54. The molecular weight excluding hydrogens is 280 g/mol. The molecule has 0 aromatic heterocycles. The molecular formula is C22H28O. The van der Waals surface area contributed by atoms with E-state index in [0.29, 0.717) is 0 Å². The maximum atomic E-state index is 5.25. The summed E-state index contributed by atoms with van der Waals surface area (Å²) in [5.41, 5.74) is 5.72. The molecule has 0 aliphatic heterocycles. The van der Waals surface area contributed by atoms with Crippen LogP contribution in [-0.4, -0.2) is 7.11 Å². The van der Waals surface area contributed by atoms with Gasteiger partial charge in [-0.2, -0.15) is 0 Å². The second-order valence-electron chi connectivity index (χ2n) is 7.07. The highest BCUT2D eigenvalue weighted by molar-refractivity contribution is 5.65. The number of fused-ring (bicyclic) bond motifs is 1. The van der Waals surface area contributed by atoms with E-state index in [2.05, 4.69) is 44.2 Å². The number of hydrogen-bond donors (Lipinski definition) is 0. The molecule has 0 saturated carbocycles.